The second-order valence-electron chi connectivity index (χ2n) is 6.15. The smallest absolute Gasteiger partial charge is 0.247 e. The first kappa shape index (κ1) is 19.4. The van der Waals surface area contributed by atoms with E-state index in [2.05, 4.69) is 25.2 Å². The molecule has 0 spiro atoms. The first-order chi connectivity index (χ1) is 13.4. The van der Waals surface area contributed by atoms with Crippen molar-refractivity contribution in [3.63, 3.8) is 0 Å². The summed E-state index contributed by atoms with van der Waals surface area (Å²) in [7, 11) is 0. The zero-order valence-electron chi connectivity index (χ0n) is 15.1. The molecule has 2 N–H and O–H groups in total. The predicted molar refractivity (Wildman–Crippen MR) is 106 cm³/mol. The Balaban J connectivity index is 1.90. The highest BCUT2D eigenvalue weighted by Gasteiger charge is 2.25. The highest BCUT2D eigenvalue weighted by molar-refractivity contribution is 6.34. The van der Waals surface area contributed by atoms with Gasteiger partial charge in [0.2, 0.25) is 17.5 Å². The van der Waals surface area contributed by atoms with Crippen LogP contribution >= 0.6 is 11.6 Å². The van der Waals surface area contributed by atoms with E-state index < -0.39 is 12.1 Å². The summed E-state index contributed by atoms with van der Waals surface area (Å²) in [6.45, 7) is 17.5. The standard InChI is InChI=1S/C20H16ClN5O2/c1-11-15(9-10-16(23-4)17(11)21)24-18(12(2)27)20-26-25-19(28-20)13-5-7-14(22-3)8-6-13/h5-10,12,18,24,27H,1-2H3/t12-,18+/m0/s1. The maximum Gasteiger partial charge on any atom is 0.247 e. The van der Waals surface area contributed by atoms with Gasteiger partial charge >= 0.3 is 0 Å². The molecular weight excluding hydrogens is 378 g/mol. The number of aliphatic hydroxyl groups is 1. The number of hydrogen-bond acceptors (Lipinski definition) is 5. The average Bonchev–Trinajstić information content (AvgIpc) is 3.18. The van der Waals surface area contributed by atoms with E-state index in [0.29, 0.717) is 33.2 Å². The van der Waals surface area contributed by atoms with Gasteiger partial charge < -0.3 is 14.8 Å². The highest BCUT2D eigenvalue weighted by atomic mass is 35.5. The van der Waals surface area contributed by atoms with Crippen LogP contribution in [0.25, 0.3) is 21.1 Å². The average molecular weight is 394 g/mol. The summed E-state index contributed by atoms with van der Waals surface area (Å²) in [4.78, 5) is 6.72. The van der Waals surface area contributed by atoms with Crippen LogP contribution in [0.4, 0.5) is 17.1 Å². The van der Waals surface area contributed by atoms with E-state index in [1.807, 2.05) is 0 Å². The number of halogens is 1. The molecule has 0 fully saturated rings. The van der Waals surface area contributed by atoms with Crippen LogP contribution < -0.4 is 5.32 Å². The lowest BCUT2D eigenvalue weighted by molar-refractivity contribution is 0.159. The highest BCUT2D eigenvalue weighted by Crippen LogP contribution is 2.35. The van der Waals surface area contributed by atoms with E-state index >= 15 is 0 Å². The summed E-state index contributed by atoms with van der Waals surface area (Å²) < 4.78 is 5.75. The van der Waals surface area contributed by atoms with Crippen molar-refractivity contribution >= 4 is 28.7 Å². The minimum atomic E-state index is -0.837. The summed E-state index contributed by atoms with van der Waals surface area (Å²) >= 11 is 6.23. The van der Waals surface area contributed by atoms with Crippen molar-refractivity contribution in [3.8, 4) is 11.5 Å². The number of anilines is 1. The Morgan fingerprint density at radius 1 is 1.11 bits per heavy atom. The minimum absolute atomic E-state index is 0.212. The number of nitrogens with zero attached hydrogens (tertiary/aromatic N) is 4. The van der Waals surface area contributed by atoms with Gasteiger partial charge in [0.15, 0.2) is 5.69 Å². The van der Waals surface area contributed by atoms with Crippen LogP contribution in [0.1, 0.15) is 24.4 Å². The van der Waals surface area contributed by atoms with Crippen LogP contribution in [0.3, 0.4) is 0 Å². The molecule has 28 heavy (non-hydrogen) atoms. The Labute approximate surface area is 167 Å². The molecule has 0 unspecified atom stereocenters. The van der Waals surface area contributed by atoms with Gasteiger partial charge in [0, 0.05) is 11.3 Å². The third-order valence-corrected chi connectivity index (χ3v) is 4.71. The van der Waals surface area contributed by atoms with Crippen LogP contribution in [0.5, 0.6) is 0 Å². The largest absolute Gasteiger partial charge is 0.418 e. The summed E-state index contributed by atoms with van der Waals surface area (Å²) in [5.41, 5.74) is 2.90. The van der Waals surface area contributed by atoms with Crippen LogP contribution in [-0.2, 0) is 0 Å². The summed E-state index contributed by atoms with van der Waals surface area (Å²) in [5.74, 6) is 0.501. The summed E-state index contributed by atoms with van der Waals surface area (Å²) in [5, 5.41) is 21.9. The molecule has 1 heterocycles. The van der Waals surface area contributed by atoms with Crippen molar-refractivity contribution in [1.82, 2.24) is 10.2 Å². The monoisotopic (exact) mass is 393 g/mol. The lowest BCUT2D eigenvalue weighted by Crippen LogP contribution is -2.23. The van der Waals surface area contributed by atoms with Crippen molar-refractivity contribution in [2.45, 2.75) is 26.0 Å². The molecule has 1 aromatic heterocycles. The van der Waals surface area contributed by atoms with E-state index in [1.54, 1.807) is 50.2 Å². The third-order valence-electron chi connectivity index (χ3n) is 4.23. The molecule has 8 heteroatoms. The third kappa shape index (κ3) is 3.81. The van der Waals surface area contributed by atoms with E-state index in [9.17, 15) is 5.11 Å². The van der Waals surface area contributed by atoms with E-state index in [-0.39, 0.29) is 11.8 Å². The Hall–Kier alpha value is -3.39. The molecule has 0 radical (unpaired) electrons. The second-order valence-corrected chi connectivity index (χ2v) is 6.53. The molecule has 7 nitrogen and oxygen atoms in total. The molecule has 0 saturated heterocycles. The number of aromatic nitrogens is 2. The molecule has 0 saturated carbocycles. The van der Waals surface area contributed by atoms with Gasteiger partial charge in [-0.2, -0.15) is 0 Å². The fraction of sp³-hybridized carbons (Fsp3) is 0.200. The second kappa shape index (κ2) is 8.10. The first-order valence-electron chi connectivity index (χ1n) is 8.37. The lowest BCUT2D eigenvalue weighted by atomic mass is 10.1. The van der Waals surface area contributed by atoms with Crippen LogP contribution in [0.15, 0.2) is 40.8 Å². The Kier molecular flexibility index (Phi) is 5.60. The minimum Gasteiger partial charge on any atom is -0.418 e. The Morgan fingerprint density at radius 2 is 1.82 bits per heavy atom. The SMILES string of the molecule is [C-]#[N+]c1ccc(-c2nnc([C@H](Nc3ccc([N+]#[C-])c(Cl)c3C)[C@H](C)O)o2)cc1. The van der Waals surface area contributed by atoms with Gasteiger partial charge in [0.05, 0.1) is 24.3 Å². The summed E-state index contributed by atoms with van der Waals surface area (Å²) in [6, 6.07) is 9.45. The van der Waals surface area contributed by atoms with E-state index in [4.69, 9.17) is 29.2 Å². The van der Waals surface area contributed by atoms with Gasteiger partial charge in [-0.05, 0) is 25.5 Å². The van der Waals surface area contributed by atoms with E-state index in [0.717, 1.165) is 0 Å². The molecule has 0 aliphatic rings. The number of benzene rings is 2. The van der Waals surface area contributed by atoms with Crippen molar-refractivity contribution in [3.05, 3.63) is 75.7 Å². The predicted octanol–water partition coefficient (Wildman–Crippen LogP) is 5.33. The fourth-order valence-electron chi connectivity index (χ4n) is 2.63. The lowest BCUT2D eigenvalue weighted by Gasteiger charge is -2.21. The van der Waals surface area contributed by atoms with Crippen molar-refractivity contribution in [2.24, 2.45) is 0 Å². The molecule has 3 aromatic rings. The first-order valence-corrected chi connectivity index (χ1v) is 8.75. The quantitative estimate of drug-likeness (QED) is 0.572. The number of aliphatic hydroxyl groups excluding tert-OH is 1. The van der Waals surface area contributed by atoms with Gasteiger partial charge in [0.25, 0.3) is 0 Å². The molecule has 0 bridgehead atoms. The van der Waals surface area contributed by atoms with Crippen molar-refractivity contribution in [2.75, 3.05) is 5.32 Å². The topological polar surface area (TPSA) is 79.9 Å². The molecule has 0 aliphatic carbocycles. The number of hydrogen-bond donors (Lipinski definition) is 2. The van der Waals surface area contributed by atoms with Gasteiger partial charge in [-0.25, -0.2) is 9.69 Å². The molecule has 3 rings (SSSR count). The number of nitrogens with one attached hydrogen (secondary N) is 1. The number of rotatable bonds is 5. The maximum absolute atomic E-state index is 10.2. The molecular formula is C20H16ClN5O2. The molecule has 2 atom stereocenters. The normalized spacial score (nSPS) is 12.6. The van der Waals surface area contributed by atoms with E-state index in [1.165, 1.54) is 0 Å². The van der Waals surface area contributed by atoms with Gasteiger partial charge in [-0.3, -0.25) is 0 Å². The molecule has 2 aromatic carbocycles. The van der Waals surface area contributed by atoms with Crippen molar-refractivity contribution in [1.29, 1.82) is 0 Å². The molecule has 140 valence electrons. The Bertz CT molecular complexity index is 1080. The zero-order valence-corrected chi connectivity index (χ0v) is 15.9. The van der Waals surface area contributed by atoms with Gasteiger partial charge in [-0.1, -0.05) is 41.9 Å². The fourth-order valence-corrected chi connectivity index (χ4v) is 2.83. The maximum atomic E-state index is 10.2. The van der Waals surface area contributed by atoms with Gasteiger partial charge in [0.1, 0.15) is 6.04 Å². The zero-order chi connectivity index (χ0) is 20.3. The van der Waals surface area contributed by atoms with Crippen LogP contribution in [0, 0.1) is 20.1 Å². The molecule has 0 amide bonds. The van der Waals surface area contributed by atoms with Gasteiger partial charge in [-0.15, -0.1) is 10.2 Å². The van der Waals surface area contributed by atoms with Crippen LogP contribution in [0.2, 0.25) is 5.02 Å². The molecule has 0 aliphatic heterocycles. The summed E-state index contributed by atoms with van der Waals surface area (Å²) in [6.07, 6.45) is -0.837. The Morgan fingerprint density at radius 3 is 2.43 bits per heavy atom. The van der Waals surface area contributed by atoms with Crippen molar-refractivity contribution < 1.29 is 9.52 Å². The van der Waals surface area contributed by atoms with Crippen LogP contribution in [-0.4, -0.2) is 21.4 Å².